The standard InChI is InChI=1S/C28H44N2O29S2.4Na/c1-5(31)29-9-18(11(33)7(53-25(9)44)3-51-60(45,46)47)55-28-17(39)15(37)20(22(59-28)24(42)43)57-26-10(30-6(2)32)19(12(34)8(54-26)4-52-61(48,49)50)56-27-16(38)13(35)14(36)21(58-27)23(40)41;;;;/h7-22,25-28,33-39,44H,3-4H2,1-2H3,(H,29,31)(H,30,32)(H,40,41)(H,42,43)(H,45,46,47)(H,48,49,50);;;;/q;4*+1/p-4/t7-,8-,9-,10-,11+,12+,13+,14+,15-,16-,17-,18-,19-,20+,21+,22+,25-,26+,27-,28-;;;;/m1..../s1. The summed E-state index contributed by atoms with van der Waals surface area (Å²) in [6.07, 6.45) is -42.2. The van der Waals surface area contributed by atoms with Gasteiger partial charge in [-0.1, -0.05) is 0 Å². The van der Waals surface area contributed by atoms with Gasteiger partial charge in [0.05, 0.1) is 25.2 Å². The molecule has 0 radical (unpaired) electrons. The Balaban J connectivity index is 0.0000102. The molecule has 0 aromatic carbocycles. The van der Waals surface area contributed by atoms with Crippen molar-refractivity contribution in [2.75, 3.05) is 13.2 Å². The Labute approximate surface area is 456 Å². The minimum Gasteiger partial charge on any atom is -0.862 e. The Bertz CT molecular complexity index is 1830. The summed E-state index contributed by atoms with van der Waals surface area (Å²) in [5.41, 5.74) is 0. The maximum absolute atomic E-state index is 12.5. The molecule has 4 aliphatic heterocycles. The van der Waals surface area contributed by atoms with E-state index in [2.05, 4.69) is 18.4 Å². The van der Waals surface area contributed by atoms with Gasteiger partial charge < -0.3 is 104 Å². The molecule has 20 atom stereocenters. The molecule has 10 N–H and O–H groups in total. The van der Waals surface area contributed by atoms with E-state index in [1.165, 1.54) is 0 Å². The molecule has 0 bridgehead atoms. The van der Waals surface area contributed by atoms with Gasteiger partial charge in [-0.25, -0.2) is 8.37 Å². The number of ether oxygens (including phenoxy) is 7. The van der Waals surface area contributed by atoms with Crippen molar-refractivity contribution >= 4 is 44.5 Å². The van der Waals surface area contributed by atoms with Gasteiger partial charge in [0, 0.05) is 0 Å². The number of nitrogens with zero attached hydrogens (tertiary/aromatic N) is 2. The van der Waals surface area contributed by atoms with Crippen molar-refractivity contribution in [3.8, 4) is 0 Å². The molecular weight excluding hydrogens is 984 g/mol. The number of aliphatic hydroxyl groups is 8. The van der Waals surface area contributed by atoms with E-state index in [-0.39, 0.29) is 118 Å². The maximum Gasteiger partial charge on any atom is 1.00 e. The molecule has 4 rings (SSSR count). The Hall–Kier alpha value is 1.02. The van der Waals surface area contributed by atoms with E-state index in [1.54, 1.807) is 0 Å². The van der Waals surface area contributed by atoms with Crippen molar-refractivity contribution in [3.63, 3.8) is 0 Å². The minimum atomic E-state index is -5.35. The molecular formula is C28H40N2Na4O29S2. The summed E-state index contributed by atoms with van der Waals surface area (Å²) < 4.78 is 109. The molecule has 4 heterocycles. The third-order valence-electron chi connectivity index (χ3n) is 9.18. The quantitative estimate of drug-likeness (QED) is 0.0297. The van der Waals surface area contributed by atoms with Crippen LogP contribution in [0.4, 0.5) is 0 Å². The van der Waals surface area contributed by atoms with Gasteiger partial charge in [0.25, 0.3) is 0 Å². The van der Waals surface area contributed by atoms with Crippen molar-refractivity contribution in [3.05, 3.63) is 0 Å². The van der Waals surface area contributed by atoms with Gasteiger partial charge in [-0.05, 0) is 25.6 Å². The molecule has 0 saturated carbocycles. The van der Waals surface area contributed by atoms with E-state index in [0.717, 1.165) is 13.8 Å². The SMILES string of the molecule is CC([O-])=N[C@@H]1[C@@H](O[C@@H]2O[C@H](C(=O)[O-])[C@@H](O[C@@H]3O[C@H](COS(=O)(=O)O)[C@H](O)[C@H](O[C@@H]4O[C@H](C(=O)[O-])[C@@H](O)[C@H](O)[C@H]4O)[C@H]3N=C(C)[O-])[C@H](O)[C@H]2O)[C@@H](O)[C@@H](COS(=O)(=O)O)O[C@H]1O.[Na+].[Na+].[Na+].[Na+]. The second kappa shape index (κ2) is 27.7. The fourth-order valence-electron chi connectivity index (χ4n) is 6.44. The van der Waals surface area contributed by atoms with Crippen LogP contribution in [0.1, 0.15) is 13.8 Å². The van der Waals surface area contributed by atoms with Crippen molar-refractivity contribution in [1.82, 2.24) is 0 Å². The van der Waals surface area contributed by atoms with Gasteiger partial charge in [0.15, 0.2) is 25.2 Å². The first kappa shape index (κ1) is 66.0. The second-order valence-corrected chi connectivity index (χ2v) is 15.7. The van der Waals surface area contributed by atoms with Crippen LogP contribution in [0.3, 0.4) is 0 Å². The summed E-state index contributed by atoms with van der Waals surface area (Å²) in [7, 11) is -10.5. The van der Waals surface area contributed by atoms with Crippen LogP contribution in [-0.2, 0) is 71.9 Å². The minimum absolute atomic E-state index is 0. The molecule has 0 spiro atoms. The van der Waals surface area contributed by atoms with Crippen LogP contribution >= 0.6 is 0 Å². The van der Waals surface area contributed by atoms with Crippen LogP contribution < -0.4 is 139 Å². The number of aliphatic imine (C=N–C) groups is 2. The van der Waals surface area contributed by atoms with E-state index in [0.29, 0.717) is 0 Å². The number of hydrogen-bond acceptors (Lipinski definition) is 29. The number of carbonyl (C=O) groups is 2. The first-order valence-electron chi connectivity index (χ1n) is 17.2. The molecule has 0 aromatic heterocycles. The Morgan fingerprint density at radius 1 is 0.508 bits per heavy atom. The van der Waals surface area contributed by atoms with Gasteiger partial charge in [0.1, 0.15) is 97.5 Å². The van der Waals surface area contributed by atoms with Crippen LogP contribution in [0.5, 0.6) is 0 Å². The third-order valence-corrected chi connectivity index (χ3v) is 10.0. The predicted molar refractivity (Wildman–Crippen MR) is 172 cm³/mol. The third kappa shape index (κ3) is 17.6. The molecule has 31 nitrogen and oxygen atoms in total. The Morgan fingerprint density at radius 2 is 0.892 bits per heavy atom. The summed E-state index contributed by atoms with van der Waals surface area (Å²) in [6, 6.07) is -4.14. The molecule has 37 heteroatoms. The molecule has 0 unspecified atom stereocenters. The first-order chi connectivity index (χ1) is 28.1. The number of hydrogen-bond donors (Lipinski definition) is 10. The molecule has 65 heavy (non-hydrogen) atoms. The van der Waals surface area contributed by atoms with Gasteiger partial charge in [-0.2, -0.15) is 16.8 Å². The van der Waals surface area contributed by atoms with Crippen molar-refractivity contribution in [1.29, 1.82) is 0 Å². The van der Waals surface area contributed by atoms with Crippen molar-refractivity contribution in [2.24, 2.45) is 9.98 Å². The zero-order valence-corrected chi connectivity index (χ0v) is 44.5. The molecule has 4 aliphatic rings. The van der Waals surface area contributed by atoms with Crippen LogP contribution in [0.2, 0.25) is 0 Å². The first-order valence-corrected chi connectivity index (χ1v) is 20.0. The topological polar surface area (TPSA) is 505 Å². The average molecular weight is 1020 g/mol. The molecule has 0 aliphatic carbocycles. The predicted octanol–water partition coefficient (Wildman–Crippen LogP) is -25.0. The number of carbonyl (C=O) groups excluding carboxylic acids is 2. The molecule has 0 aromatic rings. The van der Waals surface area contributed by atoms with Crippen LogP contribution in [-0.4, -0.2) is 226 Å². The van der Waals surface area contributed by atoms with Gasteiger partial charge in [-0.3, -0.25) is 19.1 Å². The van der Waals surface area contributed by atoms with Gasteiger partial charge >= 0.3 is 139 Å². The smallest absolute Gasteiger partial charge is 0.862 e. The molecule has 352 valence electrons. The van der Waals surface area contributed by atoms with Gasteiger partial charge in [-0.15, -0.1) is 0 Å². The van der Waals surface area contributed by atoms with E-state index < -0.39 is 180 Å². The van der Waals surface area contributed by atoms with Crippen molar-refractivity contribution in [2.45, 2.75) is 137 Å². The van der Waals surface area contributed by atoms with Gasteiger partial charge in [0.2, 0.25) is 0 Å². The van der Waals surface area contributed by atoms with E-state index in [4.69, 9.17) is 42.3 Å². The van der Waals surface area contributed by atoms with Crippen molar-refractivity contribution < 1.29 is 257 Å². The summed E-state index contributed by atoms with van der Waals surface area (Å²) in [6.45, 7) is -0.943. The largest absolute Gasteiger partial charge is 1.00 e. The van der Waals surface area contributed by atoms with E-state index >= 15 is 0 Å². The second-order valence-electron chi connectivity index (χ2n) is 13.5. The van der Waals surface area contributed by atoms with Crippen LogP contribution in [0.15, 0.2) is 9.98 Å². The average Bonchev–Trinajstić information content (AvgIpc) is 3.13. The fourth-order valence-corrected chi connectivity index (χ4v) is 7.05. The Morgan fingerprint density at radius 3 is 1.32 bits per heavy atom. The molecule has 0 amide bonds. The monoisotopic (exact) mass is 1020 g/mol. The van der Waals surface area contributed by atoms with Crippen LogP contribution in [0.25, 0.3) is 0 Å². The normalized spacial score (nSPS) is 40.5. The summed E-state index contributed by atoms with van der Waals surface area (Å²) in [5.74, 6) is -6.65. The number of carboxylic acid groups (broad SMARTS) is 2. The number of rotatable bonds is 16. The van der Waals surface area contributed by atoms with E-state index in [1.807, 2.05) is 0 Å². The molecule has 4 fully saturated rings. The van der Waals surface area contributed by atoms with Crippen LogP contribution in [0, 0.1) is 0 Å². The Kier molecular flexibility index (Phi) is 28.2. The summed E-state index contributed by atoms with van der Waals surface area (Å²) in [4.78, 5) is 31.2. The number of aliphatic hydroxyl groups excluding tert-OH is 8. The zero-order valence-electron chi connectivity index (χ0n) is 34.9. The number of aliphatic carboxylic acids is 2. The fraction of sp³-hybridized carbons (Fsp3) is 0.857. The summed E-state index contributed by atoms with van der Waals surface area (Å²) in [5, 5.41) is 134. The maximum atomic E-state index is 12.5. The molecule has 4 saturated heterocycles. The zero-order chi connectivity index (χ0) is 46.0. The number of carboxylic acids is 2. The summed E-state index contributed by atoms with van der Waals surface area (Å²) >= 11 is 0. The van der Waals surface area contributed by atoms with E-state index in [9.17, 15) is 87.7 Å².